The molecular formula is C12H14N4O4S. The predicted molar refractivity (Wildman–Crippen MR) is 75.2 cm³/mol. The van der Waals surface area contributed by atoms with Crippen molar-refractivity contribution in [3.05, 3.63) is 52.6 Å². The Morgan fingerprint density at radius 1 is 1.33 bits per heavy atom. The normalized spacial score (nSPS) is 11.4. The number of nitrogens with one attached hydrogen (secondary N) is 2. The molecule has 0 spiro atoms. The van der Waals surface area contributed by atoms with Crippen LogP contribution in [0.15, 0.2) is 41.6 Å². The average molecular weight is 310 g/mol. The van der Waals surface area contributed by atoms with E-state index in [-0.39, 0.29) is 11.4 Å². The molecule has 9 heteroatoms. The highest BCUT2D eigenvalue weighted by atomic mass is 32.2. The van der Waals surface area contributed by atoms with Gasteiger partial charge >= 0.3 is 0 Å². The summed E-state index contributed by atoms with van der Waals surface area (Å²) in [6.45, 7) is 0.176. The molecule has 0 bridgehead atoms. The minimum atomic E-state index is -3.90. The van der Waals surface area contributed by atoms with Crippen molar-refractivity contribution in [2.24, 2.45) is 0 Å². The monoisotopic (exact) mass is 310 g/mol. The summed E-state index contributed by atoms with van der Waals surface area (Å²) in [5.41, 5.74) is -0.434. The molecule has 0 fully saturated rings. The Balaban J connectivity index is 2.00. The largest absolute Gasteiger partial charge is 0.349 e. The number of aryl methyl sites for hydroxylation is 1. The molecule has 1 heterocycles. The number of para-hydroxylation sites is 1. The quantitative estimate of drug-likeness (QED) is 0.453. The van der Waals surface area contributed by atoms with Crippen LogP contribution in [0.25, 0.3) is 0 Å². The molecule has 0 unspecified atom stereocenters. The number of hydrogen-bond acceptors (Lipinski definition) is 5. The lowest BCUT2D eigenvalue weighted by atomic mass is 10.3. The summed E-state index contributed by atoms with van der Waals surface area (Å²) in [7, 11) is -3.90. The van der Waals surface area contributed by atoms with Crippen molar-refractivity contribution in [2.75, 3.05) is 6.54 Å². The second-order valence-electron chi connectivity index (χ2n) is 4.26. The summed E-state index contributed by atoms with van der Waals surface area (Å²) in [5, 5.41) is 10.9. The zero-order chi connectivity index (χ0) is 15.3. The molecule has 1 aromatic carbocycles. The van der Waals surface area contributed by atoms with E-state index < -0.39 is 20.6 Å². The van der Waals surface area contributed by atoms with E-state index in [1.165, 1.54) is 18.2 Å². The molecule has 0 atom stereocenters. The fraction of sp³-hybridized carbons (Fsp3) is 0.250. The van der Waals surface area contributed by atoms with Crippen molar-refractivity contribution in [2.45, 2.75) is 17.7 Å². The first-order valence-corrected chi connectivity index (χ1v) is 7.70. The number of nitrogens with zero attached hydrogens (tertiary/aromatic N) is 2. The third-order valence-electron chi connectivity index (χ3n) is 2.79. The lowest BCUT2D eigenvalue weighted by Gasteiger charge is -2.06. The number of aromatic amines is 1. The van der Waals surface area contributed by atoms with E-state index in [1.807, 2.05) is 0 Å². The summed E-state index contributed by atoms with van der Waals surface area (Å²) in [4.78, 5) is 16.8. The number of imidazole rings is 1. The van der Waals surface area contributed by atoms with E-state index in [0.29, 0.717) is 12.8 Å². The summed E-state index contributed by atoms with van der Waals surface area (Å²) in [5.74, 6) is 0.764. The van der Waals surface area contributed by atoms with Crippen LogP contribution in [0.4, 0.5) is 5.69 Å². The highest BCUT2D eigenvalue weighted by Gasteiger charge is 2.24. The van der Waals surface area contributed by atoms with Crippen LogP contribution in [-0.2, 0) is 16.4 Å². The van der Waals surface area contributed by atoms with Gasteiger partial charge in [-0.1, -0.05) is 12.1 Å². The van der Waals surface area contributed by atoms with E-state index in [4.69, 9.17) is 0 Å². The summed E-state index contributed by atoms with van der Waals surface area (Å²) >= 11 is 0. The van der Waals surface area contributed by atoms with Crippen LogP contribution in [0.3, 0.4) is 0 Å². The second kappa shape index (κ2) is 6.46. The van der Waals surface area contributed by atoms with E-state index >= 15 is 0 Å². The van der Waals surface area contributed by atoms with Gasteiger partial charge in [0.05, 0.1) is 4.92 Å². The number of rotatable bonds is 7. The fourth-order valence-electron chi connectivity index (χ4n) is 1.81. The minimum Gasteiger partial charge on any atom is -0.349 e. The van der Waals surface area contributed by atoms with Crippen LogP contribution in [0, 0.1) is 10.1 Å². The van der Waals surface area contributed by atoms with Gasteiger partial charge in [-0.3, -0.25) is 10.1 Å². The maximum atomic E-state index is 12.1. The van der Waals surface area contributed by atoms with Gasteiger partial charge in [-0.05, 0) is 12.5 Å². The number of hydrogen-bond donors (Lipinski definition) is 2. The highest BCUT2D eigenvalue weighted by molar-refractivity contribution is 7.89. The maximum Gasteiger partial charge on any atom is 0.289 e. The van der Waals surface area contributed by atoms with Crippen LogP contribution < -0.4 is 4.72 Å². The summed E-state index contributed by atoms with van der Waals surface area (Å²) in [6, 6.07) is 5.25. The molecule has 0 aliphatic carbocycles. The maximum absolute atomic E-state index is 12.1. The molecule has 2 N–H and O–H groups in total. The van der Waals surface area contributed by atoms with Gasteiger partial charge in [-0.15, -0.1) is 0 Å². The zero-order valence-electron chi connectivity index (χ0n) is 11.0. The molecule has 0 radical (unpaired) electrons. The van der Waals surface area contributed by atoms with E-state index in [2.05, 4.69) is 14.7 Å². The Hall–Kier alpha value is -2.26. The molecule has 112 valence electrons. The number of nitro groups is 1. The first-order valence-electron chi connectivity index (χ1n) is 6.22. The first kappa shape index (κ1) is 15.1. The Labute approximate surface area is 121 Å². The summed E-state index contributed by atoms with van der Waals surface area (Å²) < 4.78 is 26.5. The molecule has 0 aliphatic rings. The van der Waals surface area contributed by atoms with E-state index in [9.17, 15) is 18.5 Å². The zero-order valence-corrected chi connectivity index (χ0v) is 11.8. The van der Waals surface area contributed by atoms with Crippen LogP contribution in [0.1, 0.15) is 12.2 Å². The lowest BCUT2D eigenvalue weighted by Crippen LogP contribution is -2.25. The van der Waals surface area contributed by atoms with Crippen molar-refractivity contribution in [3.8, 4) is 0 Å². The Morgan fingerprint density at radius 2 is 2.10 bits per heavy atom. The third-order valence-corrected chi connectivity index (χ3v) is 4.30. The molecule has 21 heavy (non-hydrogen) atoms. The van der Waals surface area contributed by atoms with Crippen molar-refractivity contribution in [1.82, 2.24) is 14.7 Å². The smallest absolute Gasteiger partial charge is 0.289 e. The molecule has 1 aromatic heterocycles. The molecular weight excluding hydrogens is 296 g/mol. The number of aromatic nitrogens is 2. The predicted octanol–water partition coefficient (Wildman–Crippen LogP) is 1.23. The number of sulfonamides is 1. The van der Waals surface area contributed by atoms with Gasteiger partial charge < -0.3 is 4.98 Å². The van der Waals surface area contributed by atoms with Gasteiger partial charge in [0.1, 0.15) is 5.82 Å². The van der Waals surface area contributed by atoms with Gasteiger partial charge in [-0.2, -0.15) is 0 Å². The summed E-state index contributed by atoms with van der Waals surface area (Å²) in [6.07, 6.45) is 4.43. The number of benzene rings is 1. The van der Waals surface area contributed by atoms with Gasteiger partial charge in [0.25, 0.3) is 5.69 Å². The SMILES string of the molecule is O=[N+]([O-])c1ccccc1S(=O)(=O)NCCCc1ncc[nH]1. The Kier molecular flexibility index (Phi) is 4.66. The van der Waals surface area contributed by atoms with Crippen LogP contribution in [0.2, 0.25) is 0 Å². The Bertz CT molecular complexity index is 713. The first-order chi connectivity index (χ1) is 10.0. The lowest BCUT2D eigenvalue weighted by molar-refractivity contribution is -0.387. The van der Waals surface area contributed by atoms with Crippen LogP contribution in [-0.4, -0.2) is 29.9 Å². The third kappa shape index (κ3) is 3.86. The molecule has 0 saturated carbocycles. The van der Waals surface area contributed by atoms with Gasteiger partial charge in [0.2, 0.25) is 10.0 Å². The van der Waals surface area contributed by atoms with E-state index in [1.54, 1.807) is 12.4 Å². The molecule has 0 saturated heterocycles. The molecule has 0 amide bonds. The topological polar surface area (TPSA) is 118 Å². The van der Waals surface area contributed by atoms with Crippen molar-refractivity contribution < 1.29 is 13.3 Å². The molecule has 2 rings (SSSR count). The second-order valence-corrected chi connectivity index (χ2v) is 6.00. The van der Waals surface area contributed by atoms with Gasteiger partial charge in [0, 0.05) is 31.4 Å². The van der Waals surface area contributed by atoms with Gasteiger partial charge in [-0.25, -0.2) is 18.1 Å². The highest BCUT2D eigenvalue weighted by Crippen LogP contribution is 2.22. The molecule has 0 aliphatic heterocycles. The van der Waals surface area contributed by atoms with Crippen LogP contribution in [0.5, 0.6) is 0 Å². The Morgan fingerprint density at radius 3 is 2.76 bits per heavy atom. The van der Waals surface area contributed by atoms with Crippen molar-refractivity contribution in [3.63, 3.8) is 0 Å². The fourth-order valence-corrected chi connectivity index (χ4v) is 3.05. The standard InChI is InChI=1S/C12H14N4O4S/c17-16(18)10-4-1-2-5-11(10)21(19,20)15-7-3-6-12-13-8-9-14-12/h1-2,4-5,8-9,15H,3,6-7H2,(H,13,14). The molecule has 8 nitrogen and oxygen atoms in total. The van der Waals surface area contributed by atoms with Crippen molar-refractivity contribution >= 4 is 15.7 Å². The van der Waals surface area contributed by atoms with E-state index in [0.717, 1.165) is 11.9 Å². The number of H-pyrrole nitrogens is 1. The van der Waals surface area contributed by atoms with Crippen molar-refractivity contribution in [1.29, 1.82) is 0 Å². The average Bonchev–Trinajstić information content (AvgIpc) is 2.97. The number of nitro benzene ring substituents is 1. The molecule has 2 aromatic rings. The van der Waals surface area contributed by atoms with Crippen LogP contribution >= 0.6 is 0 Å². The minimum absolute atomic E-state index is 0.176. The van der Waals surface area contributed by atoms with Gasteiger partial charge in [0.15, 0.2) is 4.90 Å².